The Bertz CT molecular complexity index is 977. The zero-order valence-electron chi connectivity index (χ0n) is 19.2. The maximum atomic E-state index is 13.3. The van der Waals surface area contributed by atoms with Gasteiger partial charge in [0.05, 0.1) is 12.0 Å². The van der Waals surface area contributed by atoms with Gasteiger partial charge in [-0.1, -0.05) is 91.0 Å². The molecule has 0 aromatic heterocycles. The molecular formula is C29H33N3O. The molecule has 0 aliphatic carbocycles. The Hall–Kier alpha value is -2.95. The number of nitrogens with zero attached hydrogens (tertiary/aromatic N) is 3. The molecule has 2 fully saturated rings. The average molecular weight is 440 g/mol. The van der Waals surface area contributed by atoms with Crippen LogP contribution in [-0.4, -0.2) is 59.9 Å². The lowest BCUT2D eigenvalue weighted by atomic mass is 9.96. The number of rotatable bonds is 6. The Morgan fingerprint density at radius 2 is 1.27 bits per heavy atom. The summed E-state index contributed by atoms with van der Waals surface area (Å²) in [6, 6.07) is 32.3. The number of hydrogen-bond donors (Lipinski definition) is 0. The van der Waals surface area contributed by atoms with Crippen LogP contribution in [0.4, 0.5) is 0 Å². The predicted octanol–water partition coefficient (Wildman–Crippen LogP) is 4.44. The van der Waals surface area contributed by atoms with Crippen LogP contribution in [0.3, 0.4) is 0 Å². The second-order valence-electron chi connectivity index (χ2n) is 9.29. The molecule has 2 aliphatic rings. The van der Waals surface area contributed by atoms with Gasteiger partial charge in [0.25, 0.3) is 0 Å². The van der Waals surface area contributed by atoms with Crippen LogP contribution in [0, 0.1) is 5.92 Å². The maximum absolute atomic E-state index is 13.3. The minimum atomic E-state index is 0.138. The molecule has 170 valence electrons. The quantitative estimate of drug-likeness (QED) is 0.568. The van der Waals surface area contributed by atoms with Crippen LogP contribution in [0.5, 0.6) is 0 Å². The topological polar surface area (TPSA) is 26.8 Å². The Morgan fingerprint density at radius 1 is 0.727 bits per heavy atom. The first-order chi connectivity index (χ1) is 16.3. The SMILES string of the molecule is O=C(C1CCN(Cc2ccccc2)C1)N1CCN(C(c2ccccc2)c2ccccc2)CC1. The van der Waals surface area contributed by atoms with E-state index < -0.39 is 0 Å². The van der Waals surface area contributed by atoms with Gasteiger partial charge in [-0.25, -0.2) is 0 Å². The van der Waals surface area contributed by atoms with E-state index in [1.54, 1.807) is 0 Å². The van der Waals surface area contributed by atoms with Crippen LogP contribution >= 0.6 is 0 Å². The van der Waals surface area contributed by atoms with Crippen LogP contribution < -0.4 is 0 Å². The molecule has 33 heavy (non-hydrogen) atoms. The molecule has 1 unspecified atom stereocenters. The van der Waals surface area contributed by atoms with Crippen molar-refractivity contribution >= 4 is 5.91 Å². The summed E-state index contributed by atoms with van der Waals surface area (Å²) in [5.41, 5.74) is 3.96. The monoisotopic (exact) mass is 439 g/mol. The lowest BCUT2D eigenvalue weighted by Crippen LogP contribution is -2.51. The van der Waals surface area contributed by atoms with Gasteiger partial charge in [-0.2, -0.15) is 0 Å². The highest BCUT2D eigenvalue weighted by Gasteiger charge is 2.34. The van der Waals surface area contributed by atoms with Crippen LogP contribution in [0.15, 0.2) is 91.0 Å². The third-order valence-electron chi connectivity index (χ3n) is 7.09. The first-order valence-electron chi connectivity index (χ1n) is 12.2. The lowest BCUT2D eigenvalue weighted by Gasteiger charge is -2.40. The molecule has 1 amide bonds. The van der Waals surface area contributed by atoms with Crippen molar-refractivity contribution in [3.63, 3.8) is 0 Å². The highest BCUT2D eigenvalue weighted by Crippen LogP contribution is 2.30. The standard InChI is InChI=1S/C29H33N3O/c33-29(27-16-17-30(23-27)22-24-10-4-1-5-11-24)32-20-18-31(19-21-32)28(25-12-6-2-7-13-25)26-14-8-3-9-15-26/h1-15,27-28H,16-23H2. The van der Waals surface area contributed by atoms with E-state index in [9.17, 15) is 4.79 Å². The largest absolute Gasteiger partial charge is 0.340 e. The van der Waals surface area contributed by atoms with E-state index in [1.807, 2.05) is 0 Å². The molecule has 3 aromatic carbocycles. The van der Waals surface area contributed by atoms with Crippen molar-refractivity contribution < 1.29 is 4.79 Å². The van der Waals surface area contributed by atoms with Gasteiger partial charge in [-0.15, -0.1) is 0 Å². The van der Waals surface area contributed by atoms with Gasteiger partial charge in [-0.3, -0.25) is 14.6 Å². The summed E-state index contributed by atoms with van der Waals surface area (Å²) < 4.78 is 0. The number of carbonyl (C=O) groups excluding carboxylic acids is 1. The number of hydrogen-bond acceptors (Lipinski definition) is 3. The summed E-state index contributed by atoms with van der Waals surface area (Å²) in [5, 5.41) is 0. The fourth-order valence-corrected chi connectivity index (χ4v) is 5.36. The molecule has 4 heteroatoms. The van der Waals surface area contributed by atoms with Gasteiger partial charge in [0.1, 0.15) is 0 Å². The molecule has 0 spiro atoms. The molecule has 0 N–H and O–H groups in total. The zero-order chi connectivity index (χ0) is 22.5. The molecule has 2 saturated heterocycles. The highest BCUT2D eigenvalue weighted by atomic mass is 16.2. The van der Waals surface area contributed by atoms with Crippen molar-refractivity contribution in [3.8, 4) is 0 Å². The molecule has 0 radical (unpaired) electrons. The zero-order valence-corrected chi connectivity index (χ0v) is 19.2. The molecule has 0 saturated carbocycles. The first kappa shape index (κ1) is 21.9. The molecular weight excluding hydrogens is 406 g/mol. The first-order valence-corrected chi connectivity index (χ1v) is 12.2. The minimum absolute atomic E-state index is 0.138. The average Bonchev–Trinajstić information content (AvgIpc) is 3.35. The van der Waals surface area contributed by atoms with Crippen molar-refractivity contribution in [2.24, 2.45) is 5.92 Å². The summed E-state index contributed by atoms with van der Waals surface area (Å²) in [5.74, 6) is 0.487. The van der Waals surface area contributed by atoms with Crippen molar-refractivity contribution in [2.75, 3.05) is 39.3 Å². The van der Waals surface area contributed by atoms with Crippen molar-refractivity contribution in [3.05, 3.63) is 108 Å². The second-order valence-corrected chi connectivity index (χ2v) is 9.29. The van der Waals surface area contributed by atoms with Gasteiger partial charge >= 0.3 is 0 Å². The summed E-state index contributed by atoms with van der Waals surface area (Å²) >= 11 is 0. The third-order valence-corrected chi connectivity index (χ3v) is 7.09. The van der Waals surface area contributed by atoms with E-state index in [1.165, 1.54) is 16.7 Å². The van der Waals surface area contributed by atoms with Crippen LogP contribution in [0.2, 0.25) is 0 Å². The number of carbonyl (C=O) groups is 1. The smallest absolute Gasteiger partial charge is 0.227 e. The van der Waals surface area contributed by atoms with E-state index in [-0.39, 0.29) is 12.0 Å². The predicted molar refractivity (Wildman–Crippen MR) is 133 cm³/mol. The lowest BCUT2D eigenvalue weighted by molar-refractivity contribution is -0.137. The third kappa shape index (κ3) is 5.18. The number of amides is 1. The highest BCUT2D eigenvalue weighted by molar-refractivity contribution is 5.79. The Labute approximate surface area is 197 Å². The summed E-state index contributed by atoms with van der Waals surface area (Å²) in [6.45, 7) is 6.25. The molecule has 1 atom stereocenters. The Kier molecular flexibility index (Phi) is 6.84. The van der Waals surface area contributed by atoms with E-state index in [0.29, 0.717) is 5.91 Å². The summed E-state index contributed by atoms with van der Waals surface area (Å²) in [6.07, 6.45) is 0.975. The van der Waals surface area contributed by atoms with E-state index in [2.05, 4.69) is 106 Å². The second kappa shape index (κ2) is 10.3. The van der Waals surface area contributed by atoms with Gasteiger partial charge < -0.3 is 4.90 Å². The van der Waals surface area contributed by atoms with Crippen molar-refractivity contribution in [1.82, 2.24) is 14.7 Å². The van der Waals surface area contributed by atoms with Crippen LogP contribution in [0.25, 0.3) is 0 Å². The molecule has 4 nitrogen and oxygen atoms in total. The van der Waals surface area contributed by atoms with Gasteiger partial charge in [0, 0.05) is 39.3 Å². The Balaban J connectivity index is 1.20. The number of piperazine rings is 1. The van der Waals surface area contributed by atoms with E-state index in [0.717, 1.165) is 52.2 Å². The normalized spacial score (nSPS) is 19.8. The Morgan fingerprint density at radius 3 is 1.85 bits per heavy atom. The molecule has 3 aromatic rings. The maximum Gasteiger partial charge on any atom is 0.227 e. The van der Waals surface area contributed by atoms with E-state index in [4.69, 9.17) is 0 Å². The van der Waals surface area contributed by atoms with Crippen molar-refractivity contribution in [1.29, 1.82) is 0 Å². The van der Waals surface area contributed by atoms with E-state index >= 15 is 0 Å². The molecule has 5 rings (SSSR count). The molecule has 0 bridgehead atoms. The van der Waals surface area contributed by atoms with Gasteiger partial charge in [-0.05, 0) is 29.7 Å². The minimum Gasteiger partial charge on any atom is -0.340 e. The number of likely N-dealkylation sites (tertiary alicyclic amines) is 1. The fraction of sp³-hybridized carbons (Fsp3) is 0.345. The molecule has 2 heterocycles. The van der Waals surface area contributed by atoms with Crippen LogP contribution in [-0.2, 0) is 11.3 Å². The fourth-order valence-electron chi connectivity index (χ4n) is 5.36. The number of benzene rings is 3. The summed E-state index contributed by atoms with van der Waals surface area (Å²) in [4.78, 5) is 20.4. The van der Waals surface area contributed by atoms with Gasteiger partial charge in [0.2, 0.25) is 5.91 Å². The molecule has 2 aliphatic heterocycles. The van der Waals surface area contributed by atoms with Gasteiger partial charge in [0.15, 0.2) is 0 Å². The van der Waals surface area contributed by atoms with Crippen LogP contribution in [0.1, 0.15) is 29.2 Å². The van der Waals surface area contributed by atoms with Crippen molar-refractivity contribution in [2.45, 2.75) is 19.0 Å². The summed E-state index contributed by atoms with van der Waals surface area (Å²) in [7, 11) is 0.